The van der Waals surface area contributed by atoms with Gasteiger partial charge in [-0.25, -0.2) is 5.01 Å². The van der Waals surface area contributed by atoms with Crippen LogP contribution < -0.4 is 0 Å². The van der Waals surface area contributed by atoms with E-state index >= 15 is 0 Å². The molecule has 0 saturated heterocycles. The molecule has 1 atom stereocenters. The molecule has 0 N–H and O–H groups in total. The number of nitrogens with zero attached hydrogens (tertiary/aromatic N) is 4. The van der Waals surface area contributed by atoms with Crippen molar-refractivity contribution in [3.8, 4) is 0 Å². The van der Waals surface area contributed by atoms with E-state index < -0.39 is 4.92 Å². The Morgan fingerprint density at radius 3 is 2.70 bits per heavy atom. The van der Waals surface area contributed by atoms with Crippen molar-refractivity contribution >= 4 is 39.9 Å². The summed E-state index contributed by atoms with van der Waals surface area (Å²) in [4.78, 5) is 15.2. The highest BCUT2D eigenvalue weighted by atomic mass is 35.5. The zero-order valence-corrected chi connectivity index (χ0v) is 16.2. The Morgan fingerprint density at radius 2 is 2.04 bits per heavy atom. The number of halogens is 1. The number of nitro benzene ring substituents is 1. The van der Waals surface area contributed by atoms with Gasteiger partial charge in [0.05, 0.1) is 23.2 Å². The molecule has 2 heterocycles. The number of amidine groups is 1. The van der Waals surface area contributed by atoms with Crippen LogP contribution in [0.15, 0.2) is 52.6 Å². The van der Waals surface area contributed by atoms with E-state index in [1.807, 2.05) is 23.2 Å². The third kappa shape index (κ3) is 3.57. The van der Waals surface area contributed by atoms with Crippen LogP contribution >= 0.6 is 23.4 Å². The Bertz CT molecular complexity index is 959. The highest BCUT2D eigenvalue weighted by molar-refractivity contribution is 8.14. The summed E-state index contributed by atoms with van der Waals surface area (Å²) < 4.78 is 0. The molecular formula is C19H17ClN4O2S. The van der Waals surface area contributed by atoms with E-state index in [4.69, 9.17) is 16.7 Å². The Balaban J connectivity index is 1.86. The zero-order chi connectivity index (χ0) is 19.0. The number of thioether (sulfide) groups is 1. The topological polar surface area (TPSA) is 71.1 Å². The Kier molecular flexibility index (Phi) is 4.88. The van der Waals surface area contributed by atoms with Gasteiger partial charge in [-0.1, -0.05) is 29.4 Å². The van der Waals surface area contributed by atoms with Crippen LogP contribution in [0.25, 0.3) is 0 Å². The van der Waals surface area contributed by atoms with Crippen LogP contribution in [0, 0.1) is 10.1 Å². The summed E-state index contributed by atoms with van der Waals surface area (Å²) in [6.07, 6.45) is 0.812. The molecule has 138 valence electrons. The standard InChI is InChI=1S/C19H17ClN4O2S/c1-12-10-14-2-5-15(20)11-17(14)18(22-23(12)19-21-8-9-27-19)13-3-6-16(7-4-13)24(25)26/h2-7,11-12H,8-10H2,1H3. The Labute approximate surface area is 166 Å². The molecule has 2 aliphatic heterocycles. The van der Waals surface area contributed by atoms with Gasteiger partial charge in [0.15, 0.2) is 5.17 Å². The minimum Gasteiger partial charge on any atom is -0.260 e. The summed E-state index contributed by atoms with van der Waals surface area (Å²) in [5, 5.41) is 19.5. The number of benzene rings is 2. The predicted octanol–water partition coefficient (Wildman–Crippen LogP) is 4.35. The van der Waals surface area contributed by atoms with E-state index in [9.17, 15) is 10.1 Å². The van der Waals surface area contributed by atoms with Crippen molar-refractivity contribution in [2.24, 2.45) is 10.1 Å². The summed E-state index contributed by atoms with van der Waals surface area (Å²) in [5.74, 6) is 0.958. The van der Waals surface area contributed by atoms with E-state index in [0.717, 1.165) is 46.3 Å². The van der Waals surface area contributed by atoms with Crippen LogP contribution in [0.2, 0.25) is 5.02 Å². The summed E-state index contributed by atoms with van der Waals surface area (Å²) in [7, 11) is 0. The quantitative estimate of drug-likeness (QED) is 0.555. The molecular weight excluding hydrogens is 384 g/mol. The van der Waals surface area contributed by atoms with Gasteiger partial charge in [-0.15, -0.1) is 0 Å². The molecule has 0 saturated carbocycles. The first-order valence-corrected chi connectivity index (χ1v) is 9.98. The van der Waals surface area contributed by atoms with Crippen LogP contribution in [0.4, 0.5) is 5.69 Å². The molecule has 0 aromatic heterocycles. The van der Waals surface area contributed by atoms with Crippen LogP contribution in [-0.4, -0.2) is 39.2 Å². The monoisotopic (exact) mass is 400 g/mol. The van der Waals surface area contributed by atoms with Gasteiger partial charge in [0, 0.05) is 34.0 Å². The van der Waals surface area contributed by atoms with Crippen molar-refractivity contribution in [1.82, 2.24) is 5.01 Å². The van der Waals surface area contributed by atoms with Crippen LogP contribution in [0.1, 0.15) is 23.6 Å². The minimum absolute atomic E-state index is 0.0558. The average molecular weight is 401 g/mol. The first-order chi connectivity index (χ1) is 13.0. The highest BCUT2D eigenvalue weighted by Gasteiger charge is 2.28. The SMILES string of the molecule is CC1Cc2ccc(Cl)cc2C(c2ccc([N+](=O)[O-])cc2)=NN1C1=NCCS1. The number of hydrogen-bond donors (Lipinski definition) is 0. The van der Waals surface area contributed by atoms with Crippen molar-refractivity contribution < 1.29 is 4.92 Å². The van der Waals surface area contributed by atoms with E-state index in [2.05, 4.69) is 11.9 Å². The first kappa shape index (κ1) is 18.0. The van der Waals surface area contributed by atoms with Gasteiger partial charge in [0.1, 0.15) is 0 Å². The average Bonchev–Trinajstić information content (AvgIpc) is 3.14. The lowest BCUT2D eigenvalue weighted by molar-refractivity contribution is -0.384. The van der Waals surface area contributed by atoms with Crippen molar-refractivity contribution in [3.05, 3.63) is 74.3 Å². The summed E-state index contributed by atoms with van der Waals surface area (Å²) >= 11 is 7.96. The van der Waals surface area contributed by atoms with Crippen molar-refractivity contribution in [2.45, 2.75) is 19.4 Å². The fourth-order valence-electron chi connectivity index (χ4n) is 3.26. The van der Waals surface area contributed by atoms with Gasteiger partial charge in [-0.05, 0) is 43.2 Å². The molecule has 2 aromatic rings. The summed E-state index contributed by atoms with van der Waals surface area (Å²) in [5.41, 5.74) is 3.72. The molecule has 6 nitrogen and oxygen atoms in total. The van der Waals surface area contributed by atoms with E-state index in [0.29, 0.717) is 5.02 Å². The number of rotatable bonds is 2. The second-order valence-corrected chi connectivity index (χ2v) is 7.96. The van der Waals surface area contributed by atoms with E-state index in [1.165, 1.54) is 12.1 Å². The summed E-state index contributed by atoms with van der Waals surface area (Å²) in [6, 6.07) is 12.5. The second-order valence-electron chi connectivity index (χ2n) is 6.46. The maximum absolute atomic E-state index is 11.0. The Morgan fingerprint density at radius 1 is 1.26 bits per heavy atom. The first-order valence-electron chi connectivity index (χ1n) is 8.61. The molecule has 4 rings (SSSR count). The molecule has 0 radical (unpaired) electrons. The van der Waals surface area contributed by atoms with Crippen LogP contribution in [0.5, 0.6) is 0 Å². The van der Waals surface area contributed by atoms with Crippen molar-refractivity contribution in [2.75, 3.05) is 12.3 Å². The molecule has 2 aromatic carbocycles. The lowest BCUT2D eigenvalue weighted by Gasteiger charge is -2.24. The molecule has 8 heteroatoms. The highest BCUT2D eigenvalue weighted by Crippen LogP contribution is 2.29. The smallest absolute Gasteiger partial charge is 0.260 e. The molecule has 0 spiro atoms. The largest absolute Gasteiger partial charge is 0.269 e. The second kappa shape index (κ2) is 7.32. The van der Waals surface area contributed by atoms with Gasteiger partial charge in [-0.3, -0.25) is 15.1 Å². The van der Waals surface area contributed by atoms with Crippen molar-refractivity contribution in [3.63, 3.8) is 0 Å². The number of fused-ring (bicyclic) bond motifs is 1. The molecule has 0 fully saturated rings. The maximum atomic E-state index is 11.0. The van der Waals surface area contributed by atoms with Gasteiger partial charge >= 0.3 is 0 Å². The van der Waals surface area contributed by atoms with Crippen LogP contribution in [-0.2, 0) is 6.42 Å². The molecule has 0 amide bonds. The number of non-ortho nitro benzene ring substituents is 1. The number of hydrazone groups is 1. The van der Waals surface area contributed by atoms with E-state index in [1.54, 1.807) is 23.9 Å². The van der Waals surface area contributed by atoms with Crippen molar-refractivity contribution in [1.29, 1.82) is 0 Å². The van der Waals surface area contributed by atoms with Gasteiger partial charge in [0.25, 0.3) is 5.69 Å². The maximum Gasteiger partial charge on any atom is 0.269 e. The number of nitro groups is 1. The Hall–Kier alpha value is -2.38. The molecule has 0 bridgehead atoms. The third-order valence-corrected chi connectivity index (χ3v) is 5.78. The lowest BCUT2D eigenvalue weighted by atomic mass is 9.95. The predicted molar refractivity (Wildman–Crippen MR) is 110 cm³/mol. The number of hydrogen-bond acceptors (Lipinski definition) is 6. The molecule has 2 aliphatic rings. The van der Waals surface area contributed by atoms with Gasteiger partial charge in [0.2, 0.25) is 0 Å². The van der Waals surface area contributed by atoms with Gasteiger partial charge < -0.3 is 0 Å². The zero-order valence-electron chi connectivity index (χ0n) is 14.6. The molecule has 27 heavy (non-hydrogen) atoms. The fraction of sp³-hybridized carbons (Fsp3) is 0.263. The molecule has 1 unspecified atom stereocenters. The third-order valence-electron chi connectivity index (χ3n) is 4.58. The van der Waals surface area contributed by atoms with Gasteiger partial charge in [-0.2, -0.15) is 5.10 Å². The van der Waals surface area contributed by atoms with Crippen LogP contribution in [0.3, 0.4) is 0 Å². The minimum atomic E-state index is -0.401. The molecule has 0 aliphatic carbocycles. The lowest BCUT2D eigenvalue weighted by Crippen LogP contribution is -2.33. The normalized spacial score (nSPS) is 19.2. The summed E-state index contributed by atoms with van der Waals surface area (Å²) in [6.45, 7) is 2.92. The number of aliphatic imine (C=N–C) groups is 1. The van der Waals surface area contributed by atoms with E-state index in [-0.39, 0.29) is 11.7 Å². The fourth-order valence-corrected chi connectivity index (χ4v) is 4.33.